The Kier molecular flexibility index (Phi) is 4.79. The summed E-state index contributed by atoms with van der Waals surface area (Å²) in [7, 11) is 1.13. The monoisotopic (exact) mass is 357 g/mol. The van der Waals surface area contributed by atoms with E-state index in [9.17, 15) is 13.6 Å². The molecule has 1 aromatic rings. The summed E-state index contributed by atoms with van der Waals surface area (Å²) in [4.78, 5) is 15.1. The van der Waals surface area contributed by atoms with E-state index in [1.807, 2.05) is 0 Å². The minimum atomic E-state index is -2.76. The van der Waals surface area contributed by atoms with Gasteiger partial charge in [-0.25, -0.2) is 18.6 Å². The Morgan fingerprint density at radius 1 is 1.62 bits per heavy atom. The third-order valence-electron chi connectivity index (χ3n) is 1.93. The van der Waals surface area contributed by atoms with Gasteiger partial charge in [-0.2, -0.15) is 0 Å². The van der Waals surface area contributed by atoms with Crippen LogP contribution in [0.2, 0.25) is 0 Å². The van der Waals surface area contributed by atoms with Crippen LogP contribution in [0.25, 0.3) is 0 Å². The summed E-state index contributed by atoms with van der Waals surface area (Å²) in [5.74, 6) is -0.822. The molecule has 1 aromatic heterocycles. The zero-order chi connectivity index (χ0) is 12.3. The third kappa shape index (κ3) is 2.57. The first kappa shape index (κ1) is 13.5. The number of pyridine rings is 1. The van der Waals surface area contributed by atoms with Crippen molar-refractivity contribution in [1.29, 1.82) is 0 Å². The van der Waals surface area contributed by atoms with E-state index in [0.717, 1.165) is 13.3 Å². The quantitative estimate of drug-likeness (QED) is 0.472. The molecule has 0 aliphatic heterocycles. The van der Waals surface area contributed by atoms with Crippen molar-refractivity contribution < 1.29 is 18.3 Å². The number of esters is 1. The summed E-state index contributed by atoms with van der Waals surface area (Å²) in [6.45, 7) is 0. The van der Waals surface area contributed by atoms with Crippen LogP contribution in [-0.2, 0) is 10.1 Å². The second-order valence-corrected chi connectivity index (χ2v) is 4.09. The third-order valence-corrected chi connectivity index (χ3v) is 3.17. The highest BCUT2D eigenvalue weighted by molar-refractivity contribution is 9.10. The number of hydrogen-bond acceptors (Lipinski definition) is 3. The zero-order valence-electron chi connectivity index (χ0n) is 8.14. The largest absolute Gasteiger partial charge is 0.465 e. The van der Waals surface area contributed by atoms with Crippen LogP contribution in [0.5, 0.6) is 0 Å². The molecule has 0 aromatic carbocycles. The molecule has 0 spiro atoms. The molecule has 0 aliphatic rings. The molecule has 0 radical (unpaired) electrons. The van der Waals surface area contributed by atoms with E-state index in [-0.39, 0.29) is 26.6 Å². The van der Waals surface area contributed by atoms with Crippen molar-refractivity contribution in [3.8, 4) is 0 Å². The normalized spacial score (nSPS) is 10.6. The average molecular weight is 359 g/mol. The van der Waals surface area contributed by atoms with Crippen molar-refractivity contribution in [3.05, 3.63) is 27.5 Å². The highest BCUT2D eigenvalue weighted by Crippen LogP contribution is 2.32. The molecule has 0 saturated heterocycles. The first-order chi connectivity index (χ1) is 7.52. The topological polar surface area (TPSA) is 39.2 Å². The van der Waals surface area contributed by atoms with Gasteiger partial charge in [-0.15, -0.1) is 0 Å². The highest BCUT2D eigenvalue weighted by Gasteiger charge is 2.24. The van der Waals surface area contributed by atoms with Crippen LogP contribution in [0.15, 0.2) is 10.8 Å². The minimum Gasteiger partial charge on any atom is -0.465 e. The van der Waals surface area contributed by atoms with Gasteiger partial charge in [0, 0.05) is 22.7 Å². The number of aromatic nitrogens is 1. The lowest BCUT2D eigenvalue weighted by atomic mass is 10.1. The molecular formula is C9H7Br2F2NO2. The second kappa shape index (κ2) is 5.67. The lowest BCUT2D eigenvalue weighted by Crippen LogP contribution is -2.10. The molecular weight excluding hydrogens is 352 g/mol. The maximum atomic E-state index is 12.9. The number of alkyl halides is 3. The van der Waals surface area contributed by atoms with Crippen LogP contribution in [0.4, 0.5) is 8.78 Å². The fourth-order valence-corrected chi connectivity index (χ4v) is 2.59. The Morgan fingerprint density at radius 2 is 2.25 bits per heavy atom. The number of ether oxygens (including phenoxy) is 1. The number of hydrogen-bond donors (Lipinski definition) is 0. The van der Waals surface area contributed by atoms with Crippen LogP contribution in [0, 0.1) is 0 Å². The smallest absolute Gasteiger partial charge is 0.339 e. The van der Waals surface area contributed by atoms with Gasteiger partial charge < -0.3 is 4.74 Å². The first-order valence-electron chi connectivity index (χ1n) is 4.12. The lowest BCUT2D eigenvalue weighted by Gasteiger charge is -2.12. The molecule has 1 heterocycles. The van der Waals surface area contributed by atoms with Crippen LogP contribution in [-0.4, -0.2) is 18.1 Å². The van der Waals surface area contributed by atoms with Crippen molar-refractivity contribution in [2.24, 2.45) is 0 Å². The van der Waals surface area contributed by atoms with Crippen molar-refractivity contribution in [2.75, 3.05) is 7.11 Å². The van der Waals surface area contributed by atoms with Crippen molar-refractivity contribution in [1.82, 2.24) is 4.98 Å². The summed E-state index contributed by atoms with van der Waals surface area (Å²) in [5.41, 5.74) is -0.321. The summed E-state index contributed by atoms with van der Waals surface area (Å²) >= 11 is 6.13. The molecule has 0 unspecified atom stereocenters. The Hall–Kier alpha value is -0.560. The van der Waals surface area contributed by atoms with Gasteiger partial charge in [0.25, 0.3) is 6.43 Å². The number of rotatable bonds is 3. The summed E-state index contributed by atoms with van der Waals surface area (Å²) in [5, 5.41) is 0.172. The summed E-state index contributed by atoms with van der Waals surface area (Å²) < 4.78 is 30.5. The zero-order valence-corrected chi connectivity index (χ0v) is 11.3. The van der Waals surface area contributed by atoms with Gasteiger partial charge in [0.2, 0.25) is 0 Å². The minimum absolute atomic E-state index is 0.172. The Bertz CT molecular complexity index is 413. The van der Waals surface area contributed by atoms with Crippen LogP contribution < -0.4 is 0 Å². The Balaban J connectivity index is 3.45. The molecule has 3 nitrogen and oxygen atoms in total. The summed E-state index contributed by atoms with van der Waals surface area (Å²) in [6, 6.07) is 0. The fourth-order valence-electron chi connectivity index (χ4n) is 1.19. The first-order valence-corrected chi connectivity index (χ1v) is 6.04. The maximum Gasteiger partial charge on any atom is 0.339 e. The van der Waals surface area contributed by atoms with Crippen LogP contribution in [0.3, 0.4) is 0 Å². The van der Waals surface area contributed by atoms with Gasteiger partial charge in [0.15, 0.2) is 0 Å². The van der Waals surface area contributed by atoms with E-state index < -0.39 is 12.4 Å². The summed E-state index contributed by atoms with van der Waals surface area (Å²) in [6.07, 6.45) is -1.69. The highest BCUT2D eigenvalue weighted by atomic mass is 79.9. The van der Waals surface area contributed by atoms with E-state index in [2.05, 4.69) is 41.6 Å². The Labute approximate surface area is 107 Å². The molecule has 0 amide bonds. The predicted molar refractivity (Wildman–Crippen MR) is 60.9 cm³/mol. The molecule has 0 atom stereocenters. The lowest BCUT2D eigenvalue weighted by molar-refractivity contribution is 0.0588. The second-order valence-electron chi connectivity index (χ2n) is 2.78. The van der Waals surface area contributed by atoms with Crippen LogP contribution >= 0.6 is 31.9 Å². The maximum absolute atomic E-state index is 12.9. The fraction of sp³-hybridized carbons (Fsp3) is 0.333. The molecule has 0 N–H and O–H groups in total. The SMILES string of the molecule is COC(=O)c1cnc(Br)c(CBr)c1C(F)F. The standard InChI is InChI=1S/C9H7Br2F2NO2/c1-16-9(15)5-3-14-7(11)4(2-10)6(5)8(12)13/h3,8H,2H2,1H3. The van der Waals surface area contributed by atoms with Crippen molar-refractivity contribution in [3.63, 3.8) is 0 Å². The molecule has 88 valence electrons. The predicted octanol–water partition coefficient (Wildman–Crippen LogP) is 3.46. The van der Waals surface area contributed by atoms with Gasteiger partial charge in [0.1, 0.15) is 4.60 Å². The van der Waals surface area contributed by atoms with E-state index in [0.29, 0.717) is 0 Å². The Morgan fingerprint density at radius 3 is 2.69 bits per heavy atom. The molecule has 7 heteroatoms. The van der Waals surface area contributed by atoms with Crippen molar-refractivity contribution in [2.45, 2.75) is 11.8 Å². The number of halogens is 4. The number of nitrogens with zero attached hydrogens (tertiary/aromatic N) is 1. The molecule has 16 heavy (non-hydrogen) atoms. The van der Waals surface area contributed by atoms with Gasteiger partial charge in [0.05, 0.1) is 12.7 Å². The number of methoxy groups -OCH3 is 1. The van der Waals surface area contributed by atoms with E-state index in [4.69, 9.17) is 0 Å². The number of carbonyl (C=O) groups excluding carboxylic acids is 1. The van der Waals surface area contributed by atoms with E-state index in [1.54, 1.807) is 0 Å². The molecule has 1 rings (SSSR count). The van der Waals surface area contributed by atoms with Crippen molar-refractivity contribution >= 4 is 37.8 Å². The van der Waals surface area contributed by atoms with E-state index in [1.165, 1.54) is 0 Å². The van der Waals surface area contributed by atoms with Gasteiger partial charge >= 0.3 is 5.97 Å². The van der Waals surface area contributed by atoms with Gasteiger partial charge in [-0.05, 0) is 15.9 Å². The van der Waals surface area contributed by atoms with Crippen LogP contribution in [0.1, 0.15) is 27.9 Å². The molecule has 0 aliphatic carbocycles. The average Bonchev–Trinajstić information content (AvgIpc) is 2.27. The van der Waals surface area contributed by atoms with Gasteiger partial charge in [-0.1, -0.05) is 15.9 Å². The number of carbonyl (C=O) groups is 1. The molecule has 0 fully saturated rings. The molecule has 0 bridgehead atoms. The molecule has 0 saturated carbocycles. The van der Waals surface area contributed by atoms with E-state index >= 15 is 0 Å². The van der Waals surface area contributed by atoms with Gasteiger partial charge in [-0.3, -0.25) is 0 Å².